The van der Waals surface area contributed by atoms with E-state index in [4.69, 9.17) is 0 Å². The lowest BCUT2D eigenvalue weighted by Gasteiger charge is -2.08. The summed E-state index contributed by atoms with van der Waals surface area (Å²) in [5, 5.41) is 2.09. The van der Waals surface area contributed by atoms with Crippen molar-refractivity contribution in [3.63, 3.8) is 0 Å². The number of nitrogens with zero attached hydrogens (tertiary/aromatic N) is 2. The zero-order chi connectivity index (χ0) is 19.5. The van der Waals surface area contributed by atoms with Crippen molar-refractivity contribution in [3.05, 3.63) is 100 Å². The summed E-state index contributed by atoms with van der Waals surface area (Å²) in [6.45, 7) is 5.27. The van der Waals surface area contributed by atoms with E-state index in [0.29, 0.717) is 6.54 Å². The number of hydrogen-bond donors (Lipinski definition) is 0. The fraction of sp³-hybridized carbons (Fsp3) is 0.167. The van der Waals surface area contributed by atoms with E-state index in [0.717, 1.165) is 34.6 Å². The van der Waals surface area contributed by atoms with Crippen LogP contribution in [0.3, 0.4) is 0 Å². The second-order valence-electron chi connectivity index (χ2n) is 7.00. The Labute approximate surface area is 169 Å². The summed E-state index contributed by atoms with van der Waals surface area (Å²) in [6, 6.07) is 20.5. The zero-order valence-corrected chi connectivity index (χ0v) is 16.9. The maximum absolute atomic E-state index is 13.0. The lowest BCUT2D eigenvalue weighted by molar-refractivity contribution is -0.682. The van der Waals surface area contributed by atoms with Gasteiger partial charge in [-0.15, -0.1) is 11.3 Å². The van der Waals surface area contributed by atoms with Gasteiger partial charge in [-0.05, 0) is 43.0 Å². The molecule has 0 unspecified atom stereocenters. The van der Waals surface area contributed by atoms with E-state index in [1.165, 1.54) is 4.88 Å². The Hall–Kier alpha value is -2.98. The fourth-order valence-electron chi connectivity index (χ4n) is 3.56. The van der Waals surface area contributed by atoms with Crippen molar-refractivity contribution >= 4 is 17.1 Å². The third kappa shape index (κ3) is 3.82. The fourth-order valence-corrected chi connectivity index (χ4v) is 4.25. The lowest BCUT2D eigenvalue weighted by Crippen LogP contribution is -2.37. The monoisotopic (exact) mass is 387 g/mol. The highest BCUT2D eigenvalue weighted by atomic mass is 32.1. The molecule has 140 valence electrons. The summed E-state index contributed by atoms with van der Waals surface area (Å²) in [6.07, 6.45) is 3.99. The van der Waals surface area contributed by atoms with Gasteiger partial charge in [-0.2, -0.15) is 4.57 Å². The summed E-state index contributed by atoms with van der Waals surface area (Å²) in [4.78, 5) is 14.3. The Kier molecular flexibility index (Phi) is 5.22. The number of pyridine rings is 1. The Morgan fingerprint density at radius 3 is 2.54 bits per heavy atom. The SMILES string of the molecule is Cc1cc(C(=O)C[n+]2cccc(-c3ccccc3)c2)c(C)n1Cc1cccs1. The van der Waals surface area contributed by atoms with Gasteiger partial charge in [-0.1, -0.05) is 36.4 Å². The molecule has 0 radical (unpaired) electrons. The zero-order valence-electron chi connectivity index (χ0n) is 16.1. The molecule has 0 aliphatic carbocycles. The first-order valence-electron chi connectivity index (χ1n) is 9.38. The van der Waals surface area contributed by atoms with Crippen molar-refractivity contribution in [1.82, 2.24) is 4.57 Å². The molecular formula is C24H23N2OS+. The summed E-state index contributed by atoms with van der Waals surface area (Å²) < 4.78 is 4.19. The van der Waals surface area contributed by atoms with Crippen molar-refractivity contribution in [2.24, 2.45) is 0 Å². The molecule has 1 aromatic carbocycles. The van der Waals surface area contributed by atoms with Crippen molar-refractivity contribution in [2.75, 3.05) is 0 Å². The van der Waals surface area contributed by atoms with E-state index in [1.54, 1.807) is 11.3 Å². The van der Waals surface area contributed by atoms with Crippen LogP contribution in [0.1, 0.15) is 26.6 Å². The molecule has 0 fully saturated rings. The minimum Gasteiger partial charge on any atom is -0.343 e. The normalized spacial score (nSPS) is 10.9. The number of carbonyl (C=O) groups is 1. The van der Waals surface area contributed by atoms with Crippen LogP contribution in [0.5, 0.6) is 0 Å². The van der Waals surface area contributed by atoms with Crippen LogP contribution in [0.25, 0.3) is 11.1 Å². The van der Waals surface area contributed by atoms with Crippen LogP contribution in [0.15, 0.2) is 78.4 Å². The van der Waals surface area contributed by atoms with Gasteiger partial charge in [0.1, 0.15) is 0 Å². The van der Waals surface area contributed by atoms with Crippen LogP contribution >= 0.6 is 11.3 Å². The second kappa shape index (κ2) is 7.95. The highest BCUT2D eigenvalue weighted by Crippen LogP contribution is 2.20. The molecule has 4 rings (SSSR count). The highest BCUT2D eigenvalue weighted by Gasteiger charge is 2.19. The minimum absolute atomic E-state index is 0.140. The van der Waals surface area contributed by atoms with Gasteiger partial charge >= 0.3 is 0 Å². The smallest absolute Gasteiger partial charge is 0.229 e. The molecule has 0 spiro atoms. The summed E-state index contributed by atoms with van der Waals surface area (Å²) in [5.41, 5.74) is 5.23. The maximum atomic E-state index is 13.0. The largest absolute Gasteiger partial charge is 0.343 e. The molecule has 0 saturated heterocycles. The Balaban J connectivity index is 1.56. The molecule has 3 nitrogen and oxygen atoms in total. The molecule has 0 atom stereocenters. The molecule has 0 N–H and O–H groups in total. The molecule has 0 amide bonds. The molecule has 28 heavy (non-hydrogen) atoms. The number of aromatic nitrogens is 2. The number of hydrogen-bond acceptors (Lipinski definition) is 2. The summed E-state index contributed by atoms with van der Waals surface area (Å²) in [5.74, 6) is 0.140. The molecule has 0 saturated carbocycles. The first kappa shape index (κ1) is 18.4. The molecule has 3 aromatic heterocycles. The van der Waals surface area contributed by atoms with Crippen molar-refractivity contribution in [3.8, 4) is 11.1 Å². The topological polar surface area (TPSA) is 25.9 Å². The number of benzene rings is 1. The predicted octanol–water partition coefficient (Wildman–Crippen LogP) is 5.05. The van der Waals surface area contributed by atoms with E-state index in [1.807, 2.05) is 54.2 Å². The second-order valence-corrected chi connectivity index (χ2v) is 8.04. The average Bonchev–Trinajstić information content (AvgIpc) is 3.33. The Morgan fingerprint density at radius 1 is 1.00 bits per heavy atom. The van der Waals surface area contributed by atoms with Gasteiger partial charge in [0.25, 0.3) is 0 Å². The van der Waals surface area contributed by atoms with Crippen LogP contribution in [0.4, 0.5) is 0 Å². The first-order valence-corrected chi connectivity index (χ1v) is 10.3. The molecule has 4 heteroatoms. The van der Waals surface area contributed by atoms with Crippen LogP contribution in [0.2, 0.25) is 0 Å². The van der Waals surface area contributed by atoms with Gasteiger partial charge in [-0.3, -0.25) is 4.79 Å². The van der Waals surface area contributed by atoms with Crippen LogP contribution in [-0.2, 0) is 13.1 Å². The van der Waals surface area contributed by atoms with Crippen molar-refractivity contribution in [1.29, 1.82) is 0 Å². The summed E-state index contributed by atoms with van der Waals surface area (Å²) >= 11 is 1.75. The number of rotatable bonds is 6. The third-order valence-corrected chi connectivity index (χ3v) is 5.92. The molecule has 0 aliphatic rings. The van der Waals surface area contributed by atoms with E-state index in [2.05, 4.69) is 47.2 Å². The van der Waals surface area contributed by atoms with Gasteiger partial charge in [0.2, 0.25) is 12.3 Å². The van der Waals surface area contributed by atoms with Gasteiger partial charge in [0.15, 0.2) is 12.4 Å². The van der Waals surface area contributed by atoms with Crippen LogP contribution in [-0.4, -0.2) is 10.4 Å². The van der Waals surface area contributed by atoms with Crippen molar-refractivity contribution < 1.29 is 9.36 Å². The molecule has 0 bridgehead atoms. The van der Waals surface area contributed by atoms with Crippen LogP contribution in [0, 0.1) is 13.8 Å². The standard InChI is InChI=1S/C24H23N2OS/c1-18-14-23(19(2)26(18)16-22-11-7-13-28-22)24(27)17-25-12-6-10-21(15-25)20-8-4-3-5-9-20/h3-15H,16-17H2,1-2H3/q+1. The Morgan fingerprint density at radius 2 is 1.79 bits per heavy atom. The first-order chi connectivity index (χ1) is 13.6. The van der Waals surface area contributed by atoms with E-state index in [-0.39, 0.29) is 5.78 Å². The van der Waals surface area contributed by atoms with E-state index >= 15 is 0 Å². The number of ketones is 1. The van der Waals surface area contributed by atoms with Gasteiger partial charge < -0.3 is 4.57 Å². The Bertz CT molecular complexity index is 1100. The highest BCUT2D eigenvalue weighted by molar-refractivity contribution is 7.09. The maximum Gasteiger partial charge on any atom is 0.229 e. The number of Topliss-reactive ketones (excluding diaryl/α,β-unsaturated/α-hetero) is 1. The van der Waals surface area contributed by atoms with Gasteiger partial charge in [0, 0.05) is 33.5 Å². The number of aryl methyl sites for hydroxylation is 1. The summed E-state index contributed by atoms with van der Waals surface area (Å²) in [7, 11) is 0. The predicted molar refractivity (Wildman–Crippen MR) is 114 cm³/mol. The molecule has 4 aromatic rings. The molecular weight excluding hydrogens is 364 g/mol. The van der Waals surface area contributed by atoms with E-state index in [9.17, 15) is 4.79 Å². The number of thiophene rings is 1. The van der Waals surface area contributed by atoms with Gasteiger partial charge in [0.05, 0.1) is 6.54 Å². The number of carbonyl (C=O) groups excluding carboxylic acids is 1. The van der Waals surface area contributed by atoms with Crippen molar-refractivity contribution in [2.45, 2.75) is 26.9 Å². The van der Waals surface area contributed by atoms with Crippen LogP contribution < -0.4 is 4.57 Å². The average molecular weight is 388 g/mol. The van der Waals surface area contributed by atoms with E-state index < -0.39 is 0 Å². The minimum atomic E-state index is 0.140. The van der Waals surface area contributed by atoms with Gasteiger partial charge in [-0.25, -0.2) is 0 Å². The molecule has 3 heterocycles. The molecule has 0 aliphatic heterocycles. The lowest BCUT2D eigenvalue weighted by atomic mass is 10.1. The quantitative estimate of drug-likeness (QED) is 0.336. The third-order valence-electron chi connectivity index (χ3n) is 5.06.